The molecule has 0 aromatic carbocycles. The number of rotatable bonds is 4. The lowest BCUT2D eigenvalue weighted by Crippen LogP contribution is -2.30. The van der Waals surface area contributed by atoms with Gasteiger partial charge in [-0.05, 0) is 20.8 Å². The molecule has 0 amide bonds. The summed E-state index contributed by atoms with van der Waals surface area (Å²) in [5.41, 5.74) is 0.912. The highest BCUT2D eigenvalue weighted by atomic mass is 16.5. The maximum atomic E-state index is 5.67. The van der Waals surface area contributed by atoms with Crippen LogP contribution in [0.25, 0.3) is 0 Å². The van der Waals surface area contributed by atoms with Crippen molar-refractivity contribution in [2.75, 3.05) is 20.2 Å². The molecule has 1 saturated heterocycles. The topological polar surface area (TPSA) is 73.9 Å². The minimum Gasteiger partial charge on any atom is -0.379 e. The van der Waals surface area contributed by atoms with Crippen molar-refractivity contribution in [1.29, 1.82) is 0 Å². The van der Waals surface area contributed by atoms with E-state index >= 15 is 0 Å². The summed E-state index contributed by atoms with van der Waals surface area (Å²) in [5, 5.41) is 12.7. The van der Waals surface area contributed by atoms with Crippen molar-refractivity contribution in [2.45, 2.75) is 44.9 Å². The van der Waals surface area contributed by atoms with Crippen LogP contribution in [0, 0.1) is 0 Å². The Morgan fingerprint density at radius 3 is 2.70 bits per heavy atom. The molecule has 0 radical (unpaired) electrons. The SMILES string of the molecule is CO[C@@H]1CN(Cc2ncnn2C(C)(C)C)C[C@H]1c1cn(C)nn1. The highest BCUT2D eigenvalue weighted by molar-refractivity contribution is 5.10. The number of aryl methyl sites for hydroxylation is 1. The van der Waals surface area contributed by atoms with Gasteiger partial charge in [0.05, 0.1) is 23.9 Å². The standard InChI is InChI=1S/C15H25N7O/c1-15(2,3)22-14(16-10-17-22)9-21-6-11(13(8-21)23-5)12-7-20(4)19-18-12/h7,10-11,13H,6,8-9H2,1-5H3/t11-,13+/m0/s1. The molecule has 0 aliphatic carbocycles. The summed E-state index contributed by atoms with van der Waals surface area (Å²) in [4.78, 5) is 6.78. The number of aromatic nitrogens is 6. The number of hydrogen-bond acceptors (Lipinski definition) is 6. The average Bonchev–Trinajstić information content (AvgIpc) is 3.17. The van der Waals surface area contributed by atoms with E-state index in [9.17, 15) is 0 Å². The second kappa shape index (κ2) is 6.01. The zero-order chi connectivity index (χ0) is 16.6. The van der Waals surface area contributed by atoms with Gasteiger partial charge in [0.15, 0.2) is 0 Å². The Hall–Kier alpha value is -1.80. The van der Waals surface area contributed by atoms with E-state index in [-0.39, 0.29) is 17.6 Å². The van der Waals surface area contributed by atoms with Gasteiger partial charge in [-0.1, -0.05) is 5.21 Å². The van der Waals surface area contributed by atoms with E-state index in [1.807, 2.05) is 17.9 Å². The fourth-order valence-corrected chi connectivity index (χ4v) is 3.17. The molecular weight excluding hydrogens is 294 g/mol. The van der Waals surface area contributed by atoms with Crippen LogP contribution in [0.4, 0.5) is 0 Å². The molecule has 0 spiro atoms. The highest BCUT2D eigenvalue weighted by Crippen LogP contribution is 2.29. The maximum Gasteiger partial charge on any atom is 0.141 e. The number of likely N-dealkylation sites (tertiary alicyclic amines) is 1. The summed E-state index contributed by atoms with van der Waals surface area (Å²) < 4.78 is 9.40. The first-order valence-corrected chi connectivity index (χ1v) is 7.89. The predicted molar refractivity (Wildman–Crippen MR) is 84.8 cm³/mol. The molecule has 1 aliphatic heterocycles. The smallest absolute Gasteiger partial charge is 0.141 e. The van der Waals surface area contributed by atoms with Crippen LogP contribution in [-0.2, 0) is 23.9 Å². The highest BCUT2D eigenvalue weighted by Gasteiger charge is 2.36. The second-order valence-corrected chi connectivity index (χ2v) is 7.15. The molecule has 23 heavy (non-hydrogen) atoms. The first-order valence-electron chi connectivity index (χ1n) is 7.89. The predicted octanol–water partition coefficient (Wildman–Crippen LogP) is 0.776. The van der Waals surface area contributed by atoms with Crippen molar-refractivity contribution in [3.05, 3.63) is 24.0 Å². The monoisotopic (exact) mass is 319 g/mol. The molecule has 3 rings (SSSR count). The van der Waals surface area contributed by atoms with Crippen LogP contribution in [0.5, 0.6) is 0 Å². The molecule has 2 aromatic heterocycles. The van der Waals surface area contributed by atoms with E-state index < -0.39 is 0 Å². The maximum absolute atomic E-state index is 5.67. The molecule has 2 atom stereocenters. The molecular formula is C15H25N7O. The molecule has 0 saturated carbocycles. The Morgan fingerprint density at radius 1 is 1.30 bits per heavy atom. The number of nitrogens with zero attached hydrogens (tertiary/aromatic N) is 7. The van der Waals surface area contributed by atoms with E-state index in [0.717, 1.165) is 31.2 Å². The summed E-state index contributed by atoms with van der Waals surface area (Å²) in [5.74, 6) is 1.21. The summed E-state index contributed by atoms with van der Waals surface area (Å²) in [7, 11) is 3.64. The van der Waals surface area contributed by atoms with Gasteiger partial charge in [0.2, 0.25) is 0 Å². The molecule has 1 fully saturated rings. The first-order chi connectivity index (χ1) is 10.9. The molecule has 126 valence electrons. The summed E-state index contributed by atoms with van der Waals surface area (Å²) in [6, 6.07) is 0. The van der Waals surface area contributed by atoms with E-state index in [4.69, 9.17) is 4.74 Å². The van der Waals surface area contributed by atoms with Gasteiger partial charge in [0.1, 0.15) is 12.2 Å². The van der Waals surface area contributed by atoms with Crippen LogP contribution in [0.2, 0.25) is 0 Å². The molecule has 8 heteroatoms. The number of hydrogen-bond donors (Lipinski definition) is 0. The number of ether oxygens (including phenoxy) is 1. The Kier molecular flexibility index (Phi) is 4.20. The van der Waals surface area contributed by atoms with Crippen LogP contribution in [-0.4, -0.2) is 61.0 Å². The van der Waals surface area contributed by atoms with Crippen LogP contribution >= 0.6 is 0 Å². The van der Waals surface area contributed by atoms with Crippen molar-refractivity contribution in [1.82, 2.24) is 34.7 Å². The molecule has 0 unspecified atom stereocenters. The minimum absolute atomic E-state index is 0.0729. The lowest BCUT2D eigenvalue weighted by molar-refractivity contribution is 0.0951. The Bertz CT molecular complexity index is 657. The van der Waals surface area contributed by atoms with Gasteiger partial charge in [-0.15, -0.1) is 5.10 Å². The first kappa shape index (κ1) is 16.1. The lowest BCUT2D eigenvalue weighted by Gasteiger charge is -2.23. The molecule has 3 heterocycles. The Balaban J connectivity index is 1.75. The van der Waals surface area contributed by atoms with Crippen molar-refractivity contribution >= 4 is 0 Å². The molecule has 8 nitrogen and oxygen atoms in total. The normalized spacial score (nSPS) is 22.8. The van der Waals surface area contributed by atoms with Crippen molar-refractivity contribution in [3.8, 4) is 0 Å². The third-order valence-corrected chi connectivity index (χ3v) is 4.26. The largest absolute Gasteiger partial charge is 0.379 e. The van der Waals surface area contributed by atoms with Crippen molar-refractivity contribution in [2.24, 2.45) is 7.05 Å². The van der Waals surface area contributed by atoms with Gasteiger partial charge < -0.3 is 4.74 Å². The number of methoxy groups -OCH3 is 1. The molecule has 1 aliphatic rings. The van der Waals surface area contributed by atoms with Crippen LogP contribution < -0.4 is 0 Å². The summed E-state index contributed by atoms with van der Waals surface area (Å²) in [6.07, 6.45) is 3.72. The van der Waals surface area contributed by atoms with E-state index in [0.29, 0.717) is 0 Å². The molecule has 2 aromatic rings. The zero-order valence-electron chi connectivity index (χ0n) is 14.5. The van der Waals surface area contributed by atoms with Gasteiger partial charge >= 0.3 is 0 Å². The van der Waals surface area contributed by atoms with Gasteiger partial charge in [0, 0.05) is 39.4 Å². The van der Waals surface area contributed by atoms with E-state index in [1.165, 1.54) is 0 Å². The van der Waals surface area contributed by atoms with Crippen molar-refractivity contribution in [3.63, 3.8) is 0 Å². The fourth-order valence-electron chi connectivity index (χ4n) is 3.17. The van der Waals surface area contributed by atoms with Gasteiger partial charge in [-0.3, -0.25) is 9.58 Å². The summed E-state index contributed by atoms with van der Waals surface area (Å²) >= 11 is 0. The second-order valence-electron chi connectivity index (χ2n) is 7.15. The third-order valence-electron chi connectivity index (χ3n) is 4.26. The van der Waals surface area contributed by atoms with E-state index in [1.54, 1.807) is 18.1 Å². The summed E-state index contributed by atoms with van der Waals surface area (Å²) in [6.45, 7) is 8.90. The lowest BCUT2D eigenvalue weighted by atomic mass is 10.0. The van der Waals surface area contributed by atoms with Gasteiger partial charge in [-0.25, -0.2) is 9.67 Å². The van der Waals surface area contributed by atoms with Crippen LogP contribution in [0.15, 0.2) is 12.5 Å². The van der Waals surface area contributed by atoms with Crippen LogP contribution in [0.3, 0.4) is 0 Å². The Morgan fingerprint density at radius 2 is 2.09 bits per heavy atom. The molecule has 0 N–H and O–H groups in total. The van der Waals surface area contributed by atoms with Crippen LogP contribution in [0.1, 0.15) is 38.2 Å². The van der Waals surface area contributed by atoms with Crippen molar-refractivity contribution < 1.29 is 4.74 Å². The fraction of sp³-hybridized carbons (Fsp3) is 0.733. The van der Waals surface area contributed by atoms with Gasteiger partial charge in [-0.2, -0.15) is 5.10 Å². The third kappa shape index (κ3) is 3.28. The Labute approximate surface area is 136 Å². The average molecular weight is 319 g/mol. The molecule has 0 bridgehead atoms. The van der Waals surface area contributed by atoms with E-state index in [2.05, 4.69) is 46.1 Å². The van der Waals surface area contributed by atoms with Gasteiger partial charge in [0.25, 0.3) is 0 Å². The minimum atomic E-state index is -0.0729. The quantitative estimate of drug-likeness (QED) is 0.829. The zero-order valence-corrected chi connectivity index (χ0v) is 14.5.